The smallest absolute Gasteiger partial charge is 0.167 e. The van der Waals surface area contributed by atoms with Gasteiger partial charge in [-0.1, -0.05) is 133 Å². The van der Waals surface area contributed by atoms with E-state index in [1.165, 1.54) is 10.8 Å². The van der Waals surface area contributed by atoms with Gasteiger partial charge in [0.05, 0.1) is 22.3 Å². The number of furan rings is 2. The minimum Gasteiger partial charge on any atom is -0.456 e. The van der Waals surface area contributed by atoms with Gasteiger partial charge in [-0.25, -0.2) is 15.0 Å². The summed E-state index contributed by atoms with van der Waals surface area (Å²) < 4.78 is 15.5. The van der Waals surface area contributed by atoms with Crippen LogP contribution in [0.1, 0.15) is 0 Å². The van der Waals surface area contributed by atoms with Crippen LogP contribution in [0.5, 0.6) is 0 Å². The number of rotatable bonds is 4. The van der Waals surface area contributed by atoms with E-state index >= 15 is 0 Å². The predicted molar refractivity (Wildman–Crippen MR) is 240 cm³/mol. The van der Waals surface area contributed by atoms with E-state index in [9.17, 15) is 0 Å². The molecular formula is C53H30N4O2. The van der Waals surface area contributed by atoms with Gasteiger partial charge >= 0.3 is 0 Å². The zero-order valence-electron chi connectivity index (χ0n) is 31.4. The van der Waals surface area contributed by atoms with Gasteiger partial charge in [0.15, 0.2) is 17.5 Å². The molecule has 0 N–H and O–H groups in total. The fraction of sp³-hybridized carbons (Fsp3) is 0. The molecule has 0 aliphatic rings. The summed E-state index contributed by atoms with van der Waals surface area (Å²) in [6, 6.07) is 63.3. The number of para-hydroxylation sites is 4. The second-order valence-corrected chi connectivity index (χ2v) is 15.1. The second kappa shape index (κ2) is 12.2. The molecule has 0 atom stereocenters. The van der Waals surface area contributed by atoms with Gasteiger partial charge in [0.1, 0.15) is 22.3 Å². The van der Waals surface area contributed by atoms with Crippen LogP contribution in [-0.4, -0.2) is 19.5 Å². The quantitative estimate of drug-likeness (QED) is 0.179. The van der Waals surface area contributed by atoms with Crippen LogP contribution in [0.4, 0.5) is 0 Å². The number of hydrogen-bond acceptors (Lipinski definition) is 5. The molecule has 0 spiro atoms. The third-order valence-corrected chi connectivity index (χ3v) is 11.8. The number of hydrogen-bond donors (Lipinski definition) is 0. The van der Waals surface area contributed by atoms with Crippen LogP contribution in [0.15, 0.2) is 191 Å². The van der Waals surface area contributed by atoms with E-state index in [1.54, 1.807) is 0 Å². The number of fused-ring (bicyclic) bond motifs is 11. The molecule has 9 aromatic carbocycles. The maximum absolute atomic E-state index is 6.61. The summed E-state index contributed by atoms with van der Waals surface area (Å²) in [4.78, 5) is 16.1. The minimum absolute atomic E-state index is 0.527. The first-order valence-electron chi connectivity index (χ1n) is 19.8. The summed E-state index contributed by atoms with van der Waals surface area (Å²) in [5.41, 5.74) is 8.78. The fourth-order valence-corrected chi connectivity index (χ4v) is 9.12. The molecule has 0 aliphatic carbocycles. The largest absolute Gasteiger partial charge is 0.456 e. The van der Waals surface area contributed by atoms with Gasteiger partial charge in [-0.2, -0.15) is 0 Å². The lowest BCUT2D eigenvalue weighted by Gasteiger charge is -2.15. The van der Waals surface area contributed by atoms with Crippen molar-refractivity contribution in [2.24, 2.45) is 0 Å². The lowest BCUT2D eigenvalue weighted by molar-refractivity contribution is 0.668. The molecule has 6 nitrogen and oxygen atoms in total. The SMILES string of the molecule is c1ccc2cc3c(cc2c1)c1ccccc1n3-c1cc2oc3ccccc3c2cc1-c1nc(-c2cccc3ccccc23)nc(-c2cccc3c2oc2ccccc23)n1. The van der Waals surface area contributed by atoms with Gasteiger partial charge in [0.25, 0.3) is 0 Å². The van der Waals surface area contributed by atoms with Crippen molar-refractivity contribution < 1.29 is 8.83 Å². The number of nitrogens with zero attached hydrogens (tertiary/aromatic N) is 4. The summed E-state index contributed by atoms with van der Waals surface area (Å²) in [6.45, 7) is 0. The first kappa shape index (κ1) is 32.0. The number of benzene rings is 9. The first-order valence-corrected chi connectivity index (χ1v) is 19.8. The molecule has 0 saturated heterocycles. The van der Waals surface area contributed by atoms with Crippen LogP contribution < -0.4 is 0 Å². The highest BCUT2D eigenvalue weighted by Gasteiger charge is 2.24. The van der Waals surface area contributed by atoms with Crippen molar-refractivity contribution in [2.45, 2.75) is 0 Å². The van der Waals surface area contributed by atoms with Gasteiger partial charge in [-0.15, -0.1) is 0 Å². The summed E-state index contributed by atoms with van der Waals surface area (Å²) in [5.74, 6) is 1.64. The molecule has 0 bridgehead atoms. The van der Waals surface area contributed by atoms with Crippen molar-refractivity contribution in [1.82, 2.24) is 19.5 Å². The third-order valence-electron chi connectivity index (χ3n) is 11.8. The van der Waals surface area contributed by atoms with Crippen molar-refractivity contribution in [3.63, 3.8) is 0 Å². The van der Waals surface area contributed by atoms with Gasteiger partial charge in [0, 0.05) is 49.5 Å². The average Bonchev–Trinajstić information content (AvgIpc) is 3.96. The summed E-state index contributed by atoms with van der Waals surface area (Å²) >= 11 is 0. The summed E-state index contributed by atoms with van der Waals surface area (Å²) in [5, 5.41) is 10.9. The molecule has 4 heterocycles. The Bertz CT molecular complexity index is 3870. The third kappa shape index (κ3) is 4.77. The molecule has 13 aromatic rings. The average molecular weight is 755 g/mol. The van der Waals surface area contributed by atoms with E-state index in [2.05, 4.69) is 150 Å². The Labute approximate surface area is 336 Å². The van der Waals surface area contributed by atoms with Crippen LogP contribution in [0.25, 0.3) is 127 Å². The van der Waals surface area contributed by atoms with Crippen molar-refractivity contribution in [1.29, 1.82) is 0 Å². The normalized spacial score (nSPS) is 12.1. The lowest BCUT2D eigenvalue weighted by atomic mass is 10.0. The van der Waals surface area contributed by atoms with Crippen molar-refractivity contribution >= 4 is 87.2 Å². The molecule has 13 rings (SSSR count). The fourth-order valence-electron chi connectivity index (χ4n) is 9.12. The molecule has 0 aliphatic heterocycles. The van der Waals surface area contributed by atoms with E-state index in [-0.39, 0.29) is 0 Å². The maximum atomic E-state index is 6.61. The highest BCUT2D eigenvalue weighted by Crippen LogP contribution is 2.43. The summed E-state index contributed by atoms with van der Waals surface area (Å²) in [7, 11) is 0. The molecule has 4 aromatic heterocycles. The van der Waals surface area contributed by atoms with Gasteiger partial charge in [0.2, 0.25) is 0 Å². The topological polar surface area (TPSA) is 69.9 Å². The standard InChI is InChI=1S/C53H30N4O2/c1-2-15-33-28-45-41(27-32(33)14-1)35-18-5-8-24-44(35)57(45)46-30-49-42(37-20-7-9-25-47(37)58-49)29-43(46)53-55-51(39-22-11-16-31-13-3-4-17-34(31)39)54-52(56-53)40-23-12-21-38-36-19-6-10-26-48(36)59-50(38)40/h1-30H. The van der Waals surface area contributed by atoms with E-state index in [4.69, 9.17) is 23.8 Å². The van der Waals surface area contributed by atoms with E-state index in [1.807, 2.05) is 36.4 Å². The van der Waals surface area contributed by atoms with E-state index < -0.39 is 0 Å². The molecule has 0 unspecified atom stereocenters. The Morgan fingerprint density at radius 1 is 0.322 bits per heavy atom. The predicted octanol–water partition coefficient (Wildman–Crippen LogP) is 14.1. The van der Waals surface area contributed by atoms with Crippen LogP contribution in [0.2, 0.25) is 0 Å². The molecule has 274 valence electrons. The van der Waals surface area contributed by atoms with Crippen molar-refractivity contribution in [3.8, 4) is 39.9 Å². The van der Waals surface area contributed by atoms with Crippen LogP contribution in [0.3, 0.4) is 0 Å². The zero-order chi connectivity index (χ0) is 38.6. The van der Waals surface area contributed by atoms with Gasteiger partial charge < -0.3 is 13.4 Å². The molecule has 0 radical (unpaired) electrons. The summed E-state index contributed by atoms with van der Waals surface area (Å²) in [6.07, 6.45) is 0. The maximum Gasteiger partial charge on any atom is 0.167 e. The molecule has 0 amide bonds. The zero-order valence-corrected chi connectivity index (χ0v) is 31.4. The number of aromatic nitrogens is 4. The van der Waals surface area contributed by atoms with Crippen LogP contribution in [-0.2, 0) is 0 Å². The Morgan fingerprint density at radius 2 is 0.881 bits per heavy atom. The van der Waals surface area contributed by atoms with Crippen molar-refractivity contribution in [3.05, 3.63) is 182 Å². The Morgan fingerprint density at radius 3 is 1.69 bits per heavy atom. The molecule has 0 fully saturated rings. The molecular weight excluding hydrogens is 725 g/mol. The molecule has 59 heavy (non-hydrogen) atoms. The Kier molecular flexibility index (Phi) is 6.63. The first-order chi connectivity index (χ1) is 29.2. The van der Waals surface area contributed by atoms with E-state index in [0.717, 1.165) is 98.8 Å². The Balaban J connectivity index is 1.17. The van der Waals surface area contributed by atoms with Crippen molar-refractivity contribution in [2.75, 3.05) is 0 Å². The van der Waals surface area contributed by atoms with E-state index in [0.29, 0.717) is 17.5 Å². The lowest BCUT2D eigenvalue weighted by Crippen LogP contribution is -2.04. The van der Waals surface area contributed by atoms with Crippen LogP contribution in [0, 0.1) is 0 Å². The van der Waals surface area contributed by atoms with Gasteiger partial charge in [-0.05, 0) is 64.0 Å². The highest BCUT2D eigenvalue weighted by molar-refractivity contribution is 6.15. The monoisotopic (exact) mass is 754 g/mol. The second-order valence-electron chi connectivity index (χ2n) is 15.1. The van der Waals surface area contributed by atoms with Crippen LogP contribution >= 0.6 is 0 Å². The van der Waals surface area contributed by atoms with Gasteiger partial charge in [-0.3, -0.25) is 0 Å². The molecule has 6 heteroatoms. The highest BCUT2D eigenvalue weighted by atomic mass is 16.3. The molecule has 0 saturated carbocycles. The minimum atomic E-state index is 0.527. The Hall–Kier alpha value is -8.09.